The number of amides is 1. The molecule has 0 aliphatic carbocycles. The molecule has 156 valence electrons. The van der Waals surface area contributed by atoms with E-state index in [0.29, 0.717) is 11.6 Å². The summed E-state index contributed by atoms with van der Waals surface area (Å²) in [6.45, 7) is 8.19. The first kappa shape index (κ1) is 21.5. The minimum absolute atomic E-state index is 0.0345. The maximum atomic E-state index is 12.2. The molecule has 0 fully saturated rings. The van der Waals surface area contributed by atoms with E-state index < -0.39 is 4.92 Å². The van der Waals surface area contributed by atoms with E-state index in [1.165, 1.54) is 17.7 Å². The Labute approximate surface area is 178 Å². The summed E-state index contributed by atoms with van der Waals surface area (Å²) in [6, 6.07) is 12.2. The number of nitrogens with zero attached hydrogens (tertiary/aromatic N) is 3. The number of nitro benzene ring substituents is 1. The van der Waals surface area contributed by atoms with Gasteiger partial charge in [-0.3, -0.25) is 14.9 Å². The zero-order valence-corrected chi connectivity index (χ0v) is 17.9. The van der Waals surface area contributed by atoms with Gasteiger partial charge in [0.05, 0.1) is 16.4 Å². The number of aromatic nitrogens is 2. The van der Waals surface area contributed by atoms with Crippen LogP contribution in [0.2, 0.25) is 0 Å². The topological polar surface area (TPSA) is 111 Å². The highest BCUT2D eigenvalue weighted by Crippen LogP contribution is 2.27. The first-order chi connectivity index (χ1) is 14.1. The molecule has 0 unspecified atom stereocenters. The number of hydrogen-bond donors (Lipinski definition) is 1. The van der Waals surface area contributed by atoms with E-state index in [9.17, 15) is 14.9 Å². The van der Waals surface area contributed by atoms with Crippen LogP contribution in [-0.2, 0) is 10.2 Å². The number of anilines is 1. The third-order valence-corrected chi connectivity index (χ3v) is 5.26. The lowest BCUT2D eigenvalue weighted by Crippen LogP contribution is -2.15. The van der Waals surface area contributed by atoms with Gasteiger partial charge in [0.15, 0.2) is 0 Å². The second kappa shape index (κ2) is 8.66. The highest BCUT2D eigenvalue weighted by atomic mass is 32.2. The third-order valence-electron chi connectivity index (χ3n) is 4.44. The first-order valence-electron chi connectivity index (χ1n) is 9.25. The number of aryl methyl sites for hydroxylation is 1. The van der Waals surface area contributed by atoms with Crippen LogP contribution in [0.4, 0.5) is 11.4 Å². The molecule has 0 radical (unpaired) electrons. The van der Waals surface area contributed by atoms with Gasteiger partial charge in [-0.05, 0) is 35.6 Å². The average Bonchev–Trinajstić information content (AvgIpc) is 3.16. The fourth-order valence-electron chi connectivity index (χ4n) is 2.67. The second-order valence-corrected chi connectivity index (χ2v) is 8.72. The van der Waals surface area contributed by atoms with Gasteiger partial charge in [-0.2, -0.15) is 0 Å². The number of carbonyl (C=O) groups is 1. The van der Waals surface area contributed by atoms with Gasteiger partial charge in [-0.15, -0.1) is 10.2 Å². The lowest BCUT2D eigenvalue weighted by molar-refractivity contribution is -0.384. The van der Waals surface area contributed by atoms with Crippen molar-refractivity contribution in [3.8, 4) is 11.5 Å². The predicted octanol–water partition coefficient (Wildman–Crippen LogP) is 4.98. The van der Waals surface area contributed by atoms with Crippen LogP contribution < -0.4 is 5.32 Å². The Kier molecular flexibility index (Phi) is 6.21. The van der Waals surface area contributed by atoms with Gasteiger partial charge < -0.3 is 9.73 Å². The molecule has 0 aliphatic heterocycles. The Morgan fingerprint density at radius 2 is 1.87 bits per heavy atom. The molecule has 0 atom stereocenters. The van der Waals surface area contributed by atoms with E-state index in [1.807, 2.05) is 24.3 Å². The summed E-state index contributed by atoms with van der Waals surface area (Å²) >= 11 is 1.10. The minimum Gasteiger partial charge on any atom is -0.411 e. The summed E-state index contributed by atoms with van der Waals surface area (Å²) in [5.41, 5.74) is 3.12. The van der Waals surface area contributed by atoms with E-state index in [-0.39, 0.29) is 28.0 Å². The number of thioether (sulfide) groups is 1. The van der Waals surface area contributed by atoms with Gasteiger partial charge in [0, 0.05) is 17.7 Å². The molecule has 1 aromatic heterocycles. The molecular weight excluding hydrogens is 404 g/mol. The van der Waals surface area contributed by atoms with Crippen molar-refractivity contribution in [2.24, 2.45) is 0 Å². The Hall–Kier alpha value is -3.20. The van der Waals surface area contributed by atoms with Crippen LogP contribution >= 0.6 is 11.8 Å². The van der Waals surface area contributed by atoms with Crippen molar-refractivity contribution in [2.75, 3.05) is 11.1 Å². The number of benzene rings is 2. The highest BCUT2D eigenvalue weighted by Gasteiger charge is 2.16. The monoisotopic (exact) mass is 426 g/mol. The van der Waals surface area contributed by atoms with E-state index in [1.54, 1.807) is 13.0 Å². The first-order valence-corrected chi connectivity index (χ1v) is 10.2. The fourth-order valence-corrected chi connectivity index (χ4v) is 3.23. The molecular formula is C21H22N4O4S. The Morgan fingerprint density at radius 1 is 1.17 bits per heavy atom. The van der Waals surface area contributed by atoms with Gasteiger partial charge in [0.2, 0.25) is 11.8 Å². The number of nitrogens with one attached hydrogen (secondary N) is 1. The molecule has 3 aromatic rings. The maximum absolute atomic E-state index is 12.2. The van der Waals surface area contributed by atoms with Gasteiger partial charge in [0.1, 0.15) is 0 Å². The molecule has 3 rings (SSSR count). The number of carbonyl (C=O) groups excluding carboxylic acids is 1. The van der Waals surface area contributed by atoms with Crippen molar-refractivity contribution >= 4 is 29.0 Å². The summed E-state index contributed by atoms with van der Waals surface area (Å²) in [7, 11) is 0. The third kappa shape index (κ3) is 5.24. The standard InChI is InChI=1S/C21H22N4O4S/c1-13-5-10-16(25(27)28)11-17(13)22-18(26)12-30-20-24-23-19(29-20)14-6-8-15(9-7-14)21(2,3)4/h5-11H,12H2,1-4H3,(H,22,26). The van der Waals surface area contributed by atoms with Crippen molar-refractivity contribution < 1.29 is 14.1 Å². The van der Waals surface area contributed by atoms with E-state index in [2.05, 4.69) is 36.3 Å². The van der Waals surface area contributed by atoms with Crippen molar-refractivity contribution in [1.82, 2.24) is 10.2 Å². The van der Waals surface area contributed by atoms with Crippen molar-refractivity contribution in [3.05, 3.63) is 63.7 Å². The molecule has 0 saturated carbocycles. The number of rotatable bonds is 6. The summed E-state index contributed by atoms with van der Waals surface area (Å²) < 4.78 is 5.64. The summed E-state index contributed by atoms with van der Waals surface area (Å²) in [5.74, 6) is 0.0954. The normalized spacial score (nSPS) is 11.3. The number of nitro groups is 1. The van der Waals surface area contributed by atoms with Gasteiger partial charge in [0.25, 0.3) is 10.9 Å². The summed E-state index contributed by atoms with van der Waals surface area (Å²) in [5, 5.41) is 21.9. The molecule has 0 saturated heterocycles. The highest BCUT2D eigenvalue weighted by molar-refractivity contribution is 7.99. The molecule has 0 bridgehead atoms. The molecule has 0 spiro atoms. The molecule has 9 heteroatoms. The summed E-state index contributed by atoms with van der Waals surface area (Å²) in [6.07, 6.45) is 0. The van der Waals surface area contributed by atoms with Crippen molar-refractivity contribution in [2.45, 2.75) is 38.3 Å². The molecule has 8 nitrogen and oxygen atoms in total. The second-order valence-electron chi connectivity index (χ2n) is 7.79. The van der Waals surface area contributed by atoms with E-state index in [0.717, 1.165) is 22.9 Å². The molecule has 30 heavy (non-hydrogen) atoms. The average molecular weight is 426 g/mol. The lowest BCUT2D eigenvalue weighted by atomic mass is 9.87. The molecule has 0 aliphatic rings. The van der Waals surface area contributed by atoms with E-state index in [4.69, 9.17) is 4.42 Å². The van der Waals surface area contributed by atoms with Crippen LogP contribution in [0.25, 0.3) is 11.5 Å². The van der Waals surface area contributed by atoms with Crippen LogP contribution in [-0.4, -0.2) is 26.8 Å². The SMILES string of the molecule is Cc1ccc([N+](=O)[O-])cc1NC(=O)CSc1nnc(-c2ccc(C(C)(C)C)cc2)o1. The Morgan fingerprint density at radius 3 is 2.50 bits per heavy atom. The number of non-ortho nitro benzene ring substituents is 1. The predicted molar refractivity (Wildman–Crippen MR) is 116 cm³/mol. The van der Waals surface area contributed by atoms with Crippen molar-refractivity contribution in [3.63, 3.8) is 0 Å². The summed E-state index contributed by atoms with van der Waals surface area (Å²) in [4.78, 5) is 22.6. The Balaban J connectivity index is 1.61. The zero-order valence-electron chi connectivity index (χ0n) is 17.1. The largest absolute Gasteiger partial charge is 0.411 e. The molecule has 1 N–H and O–H groups in total. The van der Waals surface area contributed by atoms with Gasteiger partial charge in [-0.1, -0.05) is 50.7 Å². The zero-order chi connectivity index (χ0) is 21.9. The van der Waals surface area contributed by atoms with E-state index >= 15 is 0 Å². The van der Waals surface area contributed by atoms with Crippen molar-refractivity contribution in [1.29, 1.82) is 0 Å². The van der Waals surface area contributed by atoms with Crippen LogP contribution in [0.15, 0.2) is 52.1 Å². The smallest absolute Gasteiger partial charge is 0.277 e. The Bertz CT molecular complexity index is 1070. The van der Waals surface area contributed by atoms with Crippen LogP contribution in [0, 0.1) is 17.0 Å². The van der Waals surface area contributed by atoms with Crippen LogP contribution in [0.3, 0.4) is 0 Å². The number of hydrogen-bond acceptors (Lipinski definition) is 7. The van der Waals surface area contributed by atoms with Gasteiger partial charge in [-0.25, -0.2) is 0 Å². The maximum Gasteiger partial charge on any atom is 0.277 e. The molecule has 1 heterocycles. The van der Waals surface area contributed by atoms with Crippen LogP contribution in [0.1, 0.15) is 31.9 Å². The lowest BCUT2D eigenvalue weighted by Gasteiger charge is -2.18. The van der Waals surface area contributed by atoms with Gasteiger partial charge >= 0.3 is 0 Å². The van der Waals surface area contributed by atoms with Crippen LogP contribution in [0.5, 0.6) is 0 Å². The quantitative estimate of drug-likeness (QED) is 0.336. The fraction of sp³-hybridized carbons (Fsp3) is 0.286. The molecule has 2 aromatic carbocycles. The minimum atomic E-state index is -0.502. The molecule has 1 amide bonds.